The molecule has 204 valence electrons. The first-order valence-electron chi connectivity index (χ1n) is 15.7. The monoisotopic (exact) mass is 574 g/mol. The zero-order valence-corrected chi connectivity index (χ0v) is 27.3. The molecule has 0 spiro atoms. The molecular formula is C37H35BN2Si2. The van der Waals surface area contributed by atoms with Crippen LogP contribution in [-0.2, 0) is 6.42 Å². The van der Waals surface area contributed by atoms with Crippen molar-refractivity contribution in [2.75, 3.05) is 0 Å². The molecule has 0 fully saturated rings. The Morgan fingerprint density at radius 2 is 1.33 bits per heavy atom. The van der Waals surface area contributed by atoms with Gasteiger partial charge in [0.2, 0.25) is 6.71 Å². The maximum atomic E-state index is 2.74. The van der Waals surface area contributed by atoms with Gasteiger partial charge in [-0.2, -0.15) is 0 Å². The van der Waals surface area contributed by atoms with E-state index in [1.807, 2.05) is 0 Å². The largest absolute Gasteiger partial charge is 0.314 e. The lowest BCUT2D eigenvalue weighted by atomic mass is 9.26. The van der Waals surface area contributed by atoms with E-state index < -0.39 is 16.1 Å². The maximum Gasteiger partial charge on any atom is 0.227 e. The molecule has 1 aliphatic carbocycles. The van der Waals surface area contributed by atoms with Gasteiger partial charge in [-0.1, -0.05) is 104 Å². The molecule has 5 heterocycles. The Hall–Kier alpha value is -3.54. The van der Waals surface area contributed by atoms with Gasteiger partial charge in [0.25, 0.3) is 0 Å². The molecule has 2 nitrogen and oxygen atoms in total. The van der Waals surface area contributed by atoms with Gasteiger partial charge >= 0.3 is 0 Å². The van der Waals surface area contributed by atoms with E-state index >= 15 is 0 Å². The minimum absolute atomic E-state index is 0.398. The van der Waals surface area contributed by atoms with Crippen LogP contribution in [0, 0.1) is 5.92 Å². The van der Waals surface area contributed by atoms with E-state index in [4.69, 9.17) is 0 Å². The summed E-state index contributed by atoms with van der Waals surface area (Å²) < 4.78 is 5.40. The molecule has 6 aromatic rings. The molecule has 42 heavy (non-hydrogen) atoms. The van der Waals surface area contributed by atoms with Crippen molar-refractivity contribution in [1.82, 2.24) is 9.13 Å². The van der Waals surface area contributed by atoms with Crippen LogP contribution in [0.2, 0.25) is 45.1 Å². The van der Waals surface area contributed by atoms with Crippen molar-refractivity contribution in [3.05, 3.63) is 89.6 Å². The number of nitrogens with zero attached hydrogens (tertiary/aromatic N) is 2. The summed E-state index contributed by atoms with van der Waals surface area (Å²) in [6.07, 6.45) is 6.54. The number of aromatic nitrogens is 2. The molecule has 3 aliphatic heterocycles. The highest BCUT2D eigenvalue weighted by molar-refractivity contribution is 6.94. The van der Waals surface area contributed by atoms with E-state index in [0.29, 0.717) is 18.4 Å². The second-order valence-corrected chi connectivity index (χ2v) is 25.6. The fourth-order valence-electron chi connectivity index (χ4n) is 9.16. The van der Waals surface area contributed by atoms with Crippen LogP contribution in [-0.4, -0.2) is 32.0 Å². The average molecular weight is 575 g/mol. The quantitative estimate of drug-likeness (QED) is 0.189. The van der Waals surface area contributed by atoms with Gasteiger partial charge in [-0.3, -0.25) is 0 Å². The summed E-state index contributed by atoms with van der Waals surface area (Å²) in [6, 6.07) is 26.2. The van der Waals surface area contributed by atoms with E-state index in [0.717, 1.165) is 6.42 Å². The van der Waals surface area contributed by atoms with Crippen LogP contribution in [0.25, 0.3) is 55.0 Å². The molecule has 0 saturated heterocycles. The molecule has 2 unspecified atom stereocenters. The number of allylic oxidation sites excluding steroid dienone is 4. The van der Waals surface area contributed by atoms with E-state index in [1.54, 1.807) is 32.6 Å². The molecule has 10 rings (SSSR count). The van der Waals surface area contributed by atoms with Crippen molar-refractivity contribution in [3.63, 3.8) is 0 Å². The van der Waals surface area contributed by atoms with Crippen molar-refractivity contribution in [3.8, 4) is 5.69 Å². The van der Waals surface area contributed by atoms with Gasteiger partial charge in [0, 0.05) is 32.9 Å². The average Bonchev–Trinajstić information content (AvgIpc) is 3.47. The Morgan fingerprint density at radius 1 is 0.690 bits per heavy atom. The highest BCUT2D eigenvalue weighted by atomic mass is 28.3. The van der Waals surface area contributed by atoms with Crippen LogP contribution in [0.15, 0.2) is 84.1 Å². The highest BCUT2D eigenvalue weighted by Gasteiger charge is 2.52. The van der Waals surface area contributed by atoms with Gasteiger partial charge in [-0.25, -0.2) is 0 Å². The normalized spacial score (nSPS) is 20.3. The van der Waals surface area contributed by atoms with Crippen molar-refractivity contribution >= 4 is 88.3 Å². The Balaban J connectivity index is 1.50. The summed E-state index contributed by atoms with van der Waals surface area (Å²) in [4.78, 5) is 0. The molecule has 0 bridgehead atoms. The smallest absolute Gasteiger partial charge is 0.227 e. The lowest BCUT2D eigenvalue weighted by molar-refractivity contribution is 0.630. The van der Waals surface area contributed by atoms with Gasteiger partial charge < -0.3 is 9.13 Å². The van der Waals surface area contributed by atoms with Crippen LogP contribution in [0.5, 0.6) is 0 Å². The molecule has 2 atom stereocenters. The summed E-state index contributed by atoms with van der Waals surface area (Å²) in [7, 11) is -3.07. The van der Waals surface area contributed by atoms with Gasteiger partial charge in [0.1, 0.15) is 0 Å². The summed E-state index contributed by atoms with van der Waals surface area (Å²) in [5.41, 5.74) is 13.5. The van der Waals surface area contributed by atoms with Crippen molar-refractivity contribution in [1.29, 1.82) is 0 Å². The minimum Gasteiger partial charge on any atom is -0.314 e. The van der Waals surface area contributed by atoms with Crippen LogP contribution < -0.4 is 16.1 Å². The summed E-state index contributed by atoms with van der Waals surface area (Å²) >= 11 is 0. The van der Waals surface area contributed by atoms with Crippen LogP contribution >= 0.6 is 0 Å². The van der Waals surface area contributed by atoms with Crippen molar-refractivity contribution in [2.24, 2.45) is 5.92 Å². The number of para-hydroxylation sites is 2. The number of benzene rings is 4. The van der Waals surface area contributed by atoms with Gasteiger partial charge in [-0.15, -0.1) is 0 Å². The number of hydrogen-bond acceptors (Lipinski definition) is 0. The van der Waals surface area contributed by atoms with Crippen LogP contribution in [0.4, 0.5) is 0 Å². The Labute approximate surface area is 249 Å². The lowest BCUT2D eigenvalue weighted by Crippen LogP contribution is -2.60. The number of rotatable bonds is 2. The molecule has 0 saturated carbocycles. The first-order valence-corrected chi connectivity index (χ1v) is 22.7. The topological polar surface area (TPSA) is 9.86 Å². The van der Waals surface area contributed by atoms with E-state index in [2.05, 4.69) is 127 Å². The molecule has 0 N–H and O–H groups in total. The van der Waals surface area contributed by atoms with Gasteiger partial charge in [-0.05, 0) is 59.4 Å². The first-order chi connectivity index (χ1) is 20.1. The first kappa shape index (κ1) is 24.0. The van der Waals surface area contributed by atoms with E-state index in [1.165, 1.54) is 49.3 Å². The molecule has 4 aromatic carbocycles. The van der Waals surface area contributed by atoms with E-state index in [9.17, 15) is 0 Å². The highest BCUT2D eigenvalue weighted by Crippen LogP contribution is 2.53. The number of fused-ring (bicyclic) bond motifs is 8. The summed E-state index contributed by atoms with van der Waals surface area (Å²) in [5, 5.41) is 8.84. The van der Waals surface area contributed by atoms with Crippen LogP contribution in [0.1, 0.15) is 5.56 Å². The predicted octanol–water partition coefficient (Wildman–Crippen LogP) is 7.57. The standard InChI is InChI=1S/C37H35BN2Si2/c1-41(2,3)23-16-21-15-22-17-24(42(4,5)6)19-32-34(22)38-33(21)31(18-23)39-29-13-9-7-11-25(29)27-20-28-26-12-8-10-14-30(26)40(32)37(28)35(38)36(27)39/h7-14,16-21,33H,15H2,1-6H3. The van der Waals surface area contributed by atoms with Crippen molar-refractivity contribution in [2.45, 2.75) is 51.5 Å². The second-order valence-electron chi connectivity index (χ2n) is 15.4. The zero-order valence-electron chi connectivity index (χ0n) is 25.3. The SMILES string of the molecule is C[Si](C)(C)C1=CC2Cc3cc([Si](C)(C)C)cc4c3B3c5c6c(cc7c8ccccc8n-4c57)c4ccccc4n6C(=C1)C32. The minimum atomic E-state index is -1.54. The van der Waals surface area contributed by atoms with Gasteiger partial charge in [0.15, 0.2) is 0 Å². The van der Waals surface area contributed by atoms with Crippen LogP contribution in [0.3, 0.4) is 0 Å². The Morgan fingerprint density at radius 3 is 2.00 bits per heavy atom. The summed E-state index contributed by atoms with van der Waals surface area (Å²) in [6.45, 7) is 15.5. The molecule has 4 aliphatic rings. The third kappa shape index (κ3) is 2.69. The Bertz CT molecular complexity index is 2320. The predicted molar refractivity (Wildman–Crippen MR) is 188 cm³/mol. The maximum absolute atomic E-state index is 2.74. The third-order valence-corrected chi connectivity index (χ3v) is 15.1. The lowest BCUT2D eigenvalue weighted by Gasteiger charge is -2.48. The Kier molecular flexibility index (Phi) is 4.18. The fraction of sp³-hybridized carbons (Fsp3) is 0.243. The molecule has 0 amide bonds. The molecule has 5 heteroatoms. The third-order valence-electron chi connectivity index (χ3n) is 11.0. The van der Waals surface area contributed by atoms with Crippen molar-refractivity contribution < 1.29 is 0 Å². The molecule has 0 radical (unpaired) electrons. The zero-order chi connectivity index (χ0) is 28.4. The summed E-state index contributed by atoms with van der Waals surface area (Å²) in [5.74, 6) is 1.00. The van der Waals surface area contributed by atoms with Gasteiger partial charge in [0.05, 0.1) is 38.2 Å². The van der Waals surface area contributed by atoms with E-state index in [-0.39, 0.29) is 0 Å². The second kappa shape index (κ2) is 7.32. The number of hydrogen-bond donors (Lipinski definition) is 0. The molecular weight excluding hydrogens is 539 g/mol. The fourth-order valence-corrected chi connectivity index (χ4v) is 11.6. The molecule has 2 aromatic heterocycles.